The molecule has 0 saturated carbocycles. The van der Waals surface area contributed by atoms with E-state index >= 15 is 0 Å². The molecule has 35 heavy (non-hydrogen) atoms. The van der Waals surface area contributed by atoms with Gasteiger partial charge < -0.3 is 13.9 Å². The lowest BCUT2D eigenvalue weighted by molar-refractivity contribution is -0.165. The zero-order chi connectivity index (χ0) is 26.0. The largest absolute Gasteiger partial charge is 0.407 e. The number of nitrogens with zero attached hydrogens (tertiary/aromatic N) is 1. The van der Waals surface area contributed by atoms with Crippen molar-refractivity contribution in [3.63, 3.8) is 0 Å². The molecule has 1 aromatic heterocycles. The third-order valence-electron chi connectivity index (χ3n) is 7.05. The number of H-pyrrole nitrogens is 1. The number of hydrogen-bond acceptors (Lipinski definition) is 9. The zero-order valence-electron chi connectivity index (χ0n) is 21.5. The molecule has 0 bridgehead atoms. The first-order chi connectivity index (χ1) is 16.0. The van der Waals surface area contributed by atoms with Crippen molar-refractivity contribution in [1.82, 2.24) is 14.9 Å². The SMILES string of the molecule is CCO[C@]12CS(=O)(=O)O[C@@]13[C@@H](CN2)O[C@@H](n1cc(C)c(=O)[nH]c1=O)[C@@H]3O[Si](C)(C)CCC(C)(C)C. The highest BCUT2D eigenvalue weighted by molar-refractivity contribution is 7.87. The van der Waals surface area contributed by atoms with Crippen molar-refractivity contribution in [3.05, 3.63) is 32.6 Å². The first-order valence-electron chi connectivity index (χ1n) is 12.0. The van der Waals surface area contributed by atoms with Gasteiger partial charge in [0.05, 0.1) is 0 Å². The molecule has 0 aromatic carbocycles. The van der Waals surface area contributed by atoms with Gasteiger partial charge in [-0.3, -0.25) is 23.8 Å². The lowest BCUT2D eigenvalue weighted by Crippen LogP contribution is -2.66. The molecule has 3 aliphatic rings. The van der Waals surface area contributed by atoms with Gasteiger partial charge in [-0.05, 0) is 44.8 Å². The van der Waals surface area contributed by atoms with Crippen molar-refractivity contribution in [2.45, 2.75) is 89.9 Å². The molecular formula is C22H37N3O8SSi. The average Bonchev–Trinajstić information content (AvgIpc) is 3.23. The van der Waals surface area contributed by atoms with Gasteiger partial charge >= 0.3 is 5.69 Å². The van der Waals surface area contributed by atoms with E-state index in [0.29, 0.717) is 5.56 Å². The molecule has 2 N–H and O–H groups in total. The van der Waals surface area contributed by atoms with Crippen molar-refractivity contribution >= 4 is 18.4 Å². The van der Waals surface area contributed by atoms with E-state index in [1.54, 1.807) is 13.8 Å². The fraction of sp³-hybridized carbons (Fsp3) is 0.818. The highest BCUT2D eigenvalue weighted by Crippen LogP contribution is 2.56. The van der Waals surface area contributed by atoms with Crippen LogP contribution in [0.25, 0.3) is 0 Å². The second-order valence-corrected chi connectivity index (χ2v) is 17.4. The van der Waals surface area contributed by atoms with Gasteiger partial charge in [0.2, 0.25) is 0 Å². The lowest BCUT2D eigenvalue weighted by Gasteiger charge is -2.42. The molecule has 0 amide bonds. The van der Waals surface area contributed by atoms with E-state index in [1.165, 1.54) is 10.8 Å². The van der Waals surface area contributed by atoms with Crippen LogP contribution in [0.5, 0.6) is 0 Å². The van der Waals surface area contributed by atoms with E-state index in [-0.39, 0.29) is 18.6 Å². The van der Waals surface area contributed by atoms with Crippen molar-refractivity contribution in [2.24, 2.45) is 5.41 Å². The smallest absolute Gasteiger partial charge is 0.330 e. The maximum Gasteiger partial charge on any atom is 0.330 e. The molecule has 11 nitrogen and oxygen atoms in total. The Labute approximate surface area is 206 Å². The van der Waals surface area contributed by atoms with Crippen molar-refractivity contribution in [2.75, 3.05) is 18.9 Å². The van der Waals surface area contributed by atoms with Crippen LogP contribution in [0.15, 0.2) is 15.8 Å². The Balaban J connectivity index is 1.85. The summed E-state index contributed by atoms with van der Waals surface area (Å²) in [5.74, 6) is -0.399. The van der Waals surface area contributed by atoms with Gasteiger partial charge in [-0.15, -0.1) is 0 Å². The fourth-order valence-corrected chi connectivity index (χ4v) is 9.48. The summed E-state index contributed by atoms with van der Waals surface area (Å²) in [6, 6.07) is 0.807. The Morgan fingerprint density at radius 3 is 2.60 bits per heavy atom. The lowest BCUT2D eigenvalue weighted by atomic mass is 9.85. The van der Waals surface area contributed by atoms with Crippen LogP contribution in [0, 0.1) is 12.3 Å². The van der Waals surface area contributed by atoms with Crippen LogP contribution in [0.4, 0.5) is 0 Å². The Kier molecular flexibility index (Phi) is 6.56. The first kappa shape index (κ1) is 26.7. The van der Waals surface area contributed by atoms with Gasteiger partial charge in [0.25, 0.3) is 15.7 Å². The summed E-state index contributed by atoms with van der Waals surface area (Å²) in [6.07, 6.45) is -0.418. The van der Waals surface area contributed by atoms with Gasteiger partial charge in [-0.25, -0.2) is 4.79 Å². The minimum Gasteiger partial charge on any atom is -0.407 e. The summed E-state index contributed by atoms with van der Waals surface area (Å²) in [7, 11) is -6.43. The average molecular weight is 532 g/mol. The highest BCUT2D eigenvalue weighted by atomic mass is 32.2. The van der Waals surface area contributed by atoms with Crippen molar-refractivity contribution in [3.8, 4) is 0 Å². The molecule has 3 fully saturated rings. The van der Waals surface area contributed by atoms with E-state index in [9.17, 15) is 18.0 Å². The second kappa shape index (κ2) is 8.60. The molecule has 1 spiro atoms. The number of hydrogen-bond donors (Lipinski definition) is 2. The Morgan fingerprint density at radius 1 is 1.29 bits per heavy atom. The van der Waals surface area contributed by atoms with Gasteiger partial charge in [-0.1, -0.05) is 20.8 Å². The summed E-state index contributed by atoms with van der Waals surface area (Å²) in [6.45, 7) is 14.5. The molecule has 0 unspecified atom stereocenters. The van der Waals surface area contributed by atoms with Crippen LogP contribution < -0.4 is 16.6 Å². The summed E-state index contributed by atoms with van der Waals surface area (Å²) < 4.78 is 52.1. The maximum atomic E-state index is 12.9. The van der Waals surface area contributed by atoms with Crippen LogP contribution in [0.1, 0.15) is 45.9 Å². The highest BCUT2D eigenvalue weighted by Gasteiger charge is 2.80. The van der Waals surface area contributed by atoms with Crippen LogP contribution >= 0.6 is 0 Å². The van der Waals surface area contributed by atoms with Crippen LogP contribution in [0.2, 0.25) is 19.1 Å². The van der Waals surface area contributed by atoms with Gasteiger partial charge in [0.15, 0.2) is 25.9 Å². The molecule has 0 radical (unpaired) electrons. The van der Waals surface area contributed by atoms with Crippen molar-refractivity contribution in [1.29, 1.82) is 0 Å². The number of aryl methyl sites for hydroxylation is 1. The standard InChI is InChI=1S/C22H37N3O8SSi/c1-8-30-21-13-34(28,29)33-22(21)15(11-23-21)31-18(25-12-14(2)17(26)24-19(25)27)16(22)32-35(6,7)10-9-20(3,4)5/h12,15-16,18,23H,8-11,13H2,1-7H3,(H,24,26,27)/t15-,16+,18-,21-,22-/m1/s1. The predicted molar refractivity (Wildman–Crippen MR) is 131 cm³/mol. The Morgan fingerprint density at radius 2 is 1.97 bits per heavy atom. The third-order valence-corrected chi connectivity index (χ3v) is 10.7. The fourth-order valence-electron chi connectivity index (χ4n) is 5.30. The monoisotopic (exact) mass is 531 g/mol. The number of rotatable bonds is 7. The van der Waals surface area contributed by atoms with E-state index in [2.05, 4.69) is 44.2 Å². The number of aromatic nitrogens is 2. The van der Waals surface area contributed by atoms with E-state index < -0.39 is 65.2 Å². The number of aromatic amines is 1. The molecule has 3 saturated heterocycles. The van der Waals surface area contributed by atoms with Gasteiger partial charge in [0, 0.05) is 24.9 Å². The molecule has 3 aliphatic heterocycles. The quantitative estimate of drug-likeness (QED) is 0.393. The topological polar surface area (TPSA) is 138 Å². The molecule has 4 rings (SSSR count). The third kappa shape index (κ3) is 4.60. The summed E-state index contributed by atoms with van der Waals surface area (Å²) >= 11 is 0. The molecule has 198 valence electrons. The number of nitrogens with one attached hydrogen (secondary N) is 2. The van der Waals surface area contributed by atoms with Gasteiger partial charge in [-0.2, -0.15) is 8.42 Å². The van der Waals surface area contributed by atoms with E-state index in [4.69, 9.17) is 18.1 Å². The zero-order valence-corrected chi connectivity index (χ0v) is 23.3. The molecule has 5 atom stereocenters. The molecule has 13 heteroatoms. The Bertz CT molecular complexity index is 1200. The van der Waals surface area contributed by atoms with Gasteiger partial charge in [0.1, 0.15) is 18.0 Å². The Hall–Kier alpha value is -1.35. The van der Waals surface area contributed by atoms with Crippen LogP contribution in [-0.2, 0) is 28.2 Å². The number of ether oxygens (including phenoxy) is 2. The maximum absolute atomic E-state index is 12.9. The van der Waals surface area contributed by atoms with E-state index in [0.717, 1.165) is 12.5 Å². The predicted octanol–water partition coefficient (Wildman–Crippen LogP) is 1.20. The van der Waals surface area contributed by atoms with Crippen LogP contribution in [-0.4, -0.2) is 68.7 Å². The molecule has 4 heterocycles. The first-order valence-corrected chi connectivity index (χ1v) is 16.7. The summed E-state index contributed by atoms with van der Waals surface area (Å²) in [5.41, 5.74) is -3.67. The molecule has 1 aromatic rings. The molecular weight excluding hydrogens is 494 g/mol. The molecule has 0 aliphatic carbocycles. The van der Waals surface area contributed by atoms with Crippen molar-refractivity contribution < 1.29 is 26.5 Å². The second-order valence-electron chi connectivity index (χ2n) is 11.6. The minimum atomic E-state index is -3.98. The van der Waals surface area contributed by atoms with E-state index in [1.807, 2.05) is 0 Å². The summed E-state index contributed by atoms with van der Waals surface area (Å²) in [4.78, 5) is 27.2. The minimum absolute atomic E-state index is 0.0875. The normalized spacial score (nSPS) is 34.2. The summed E-state index contributed by atoms with van der Waals surface area (Å²) in [5, 5.41) is 3.20. The van der Waals surface area contributed by atoms with Crippen LogP contribution in [0.3, 0.4) is 0 Å².